The summed E-state index contributed by atoms with van der Waals surface area (Å²) in [7, 11) is -3.40. The van der Waals surface area contributed by atoms with Gasteiger partial charge < -0.3 is 4.74 Å². The van der Waals surface area contributed by atoms with Crippen LogP contribution >= 0.6 is 0 Å². The lowest BCUT2D eigenvalue weighted by Gasteiger charge is -2.32. The Morgan fingerprint density at radius 2 is 1.67 bits per heavy atom. The van der Waals surface area contributed by atoms with Crippen LogP contribution in [0.4, 0.5) is 0 Å². The predicted octanol–water partition coefficient (Wildman–Crippen LogP) is -0.0541. The summed E-state index contributed by atoms with van der Waals surface area (Å²) in [5, 5.41) is 4.67. The van der Waals surface area contributed by atoms with Crippen molar-refractivity contribution in [3.63, 3.8) is 0 Å². The average molecular weight is 193 g/mol. The van der Waals surface area contributed by atoms with E-state index in [1.165, 1.54) is 0 Å². The lowest BCUT2D eigenvalue weighted by molar-refractivity contribution is 0.0302. The zero-order valence-corrected chi connectivity index (χ0v) is 8.17. The van der Waals surface area contributed by atoms with Crippen LogP contribution in [0.5, 0.6) is 0 Å². The number of hydrogen-bond acceptors (Lipinski definition) is 3. The minimum Gasteiger partial charge on any atom is -0.381 e. The van der Waals surface area contributed by atoms with Crippen LogP contribution in [-0.4, -0.2) is 26.9 Å². The second kappa shape index (κ2) is 3.32. The number of sulfonamides is 1. The molecule has 12 heavy (non-hydrogen) atoms. The molecule has 1 unspecified atom stereocenters. The predicted molar refractivity (Wildman–Crippen MR) is 46.0 cm³/mol. The van der Waals surface area contributed by atoms with Crippen molar-refractivity contribution in [2.45, 2.75) is 19.1 Å². The fourth-order valence-electron chi connectivity index (χ4n) is 1.84. The van der Waals surface area contributed by atoms with Crippen molar-refractivity contribution in [1.82, 2.24) is 0 Å². The fraction of sp³-hybridized carbons (Fsp3) is 1.00. The SMILES string of the molecule is C[C@@H]1COC[C@H](C)C1S(N)(=O)=O. The Morgan fingerprint density at radius 3 is 1.92 bits per heavy atom. The highest BCUT2D eigenvalue weighted by Gasteiger charge is 2.36. The molecule has 1 saturated heterocycles. The van der Waals surface area contributed by atoms with Crippen LogP contribution in [0.1, 0.15) is 13.8 Å². The van der Waals surface area contributed by atoms with E-state index in [4.69, 9.17) is 9.88 Å². The van der Waals surface area contributed by atoms with Gasteiger partial charge in [0.15, 0.2) is 0 Å². The van der Waals surface area contributed by atoms with E-state index in [1.54, 1.807) is 0 Å². The van der Waals surface area contributed by atoms with E-state index in [0.29, 0.717) is 13.2 Å². The highest BCUT2D eigenvalue weighted by Crippen LogP contribution is 2.24. The Kier molecular flexibility index (Phi) is 2.75. The van der Waals surface area contributed by atoms with Crippen molar-refractivity contribution < 1.29 is 13.2 Å². The number of nitrogens with two attached hydrogens (primary N) is 1. The van der Waals surface area contributed by atoms with E-state index in [-0.39, 0.29) is 11.8 Å². The molecule has 0 saturated carbocycles. The van der Waals surface area contributed by atoms with E-state index in [1.807, 2.05) is 13.8 Å². The molecule has 4 nitrogen and oxygen atoms in total. The minimum absolute atomic E-state index is 0.00347. The smallest absolute Gasteiger partial charge is 0.212 e. The summed E-state index contributed by atoms with van der Waals surface area (Å²) in [6.45, 7) is 4.69. The molecule has 5 heteroatoms. The fourth-order valence-corrected chi connectivity index (χ4v) is 3.29. The molecular formula is C7H15NO3S. The van der Waals surface area contributed by atoms with Crippen LogP contribution in [0, 0.1) is 11.8 Å². The number of rotatable bonds is 1. The molecule has 1 aliphatic rings. The van der Waals surface area contributed by atoms with Gasteiger partial charge >= 0.3 is 0 Å². The topological polar surface area (TPSA) is 69.4 Å². The third kappa shape index (κ3) is 1.97. The molecule has 1 rings (SSSR count). The van der Waals surface area contributed by atoms with Gasteiger partial charge in [-0.1, -0.05) is 13.8 Å². The molecule has 2 N–H and O–H groups in total. The standard InChI is InChI=1S/C7H15NO3S/c1-5-3-11-4-6(2)7(5)12(8,9)10/h5-7H,3-4H2,1-2H3,(H2,8,9,10)/t5-,6+,7?. The zero-order chi connectivity index (χ0) is 9.35. The number of primary sulfonamides is 1. The molecule has 0 aromatic heterocycles. The second-order valence-corrected chi connectivity index (χ2v) is 5.27. The van der Waals surface area contributed by atoms with Gasteiger partial charge in [-0.05, 0) is 11.8 Å². The highest BCUT2D eigenvalue weighted by molar-refractivity contribution is 7.89. The molecule has 0 spiro atoms. The Labute approximate surface area is 73.1 Å². The zero-order valence-electron chi connectivity index (χ0n) is 7.36. The summed E-state index contributed by atoms with van der Waals surface area (Å²) in [6, 6.07) is 0. The maximum Gasteiger partial charge on any atom is 0.212 e. The number of ether oxygens (including phenoxy) is 1. The maximum absolute atomic E-state index is 11.1. The Balaban J connectivity index is 2.84. The van der Waals surface area contributed by atoms with Crippen molar-refractivity contribution in [3.8, 4) is 0 Å². The van der Waals surface area contributed by atoms with E-state index in [2.05, 4.69) is 0 Å². The van der Waals surface area contributed by atoms with E-state index >= 15 is 0 Å². The van der Waals surface area contributed by atoms with Crippen molar-refractivity contribution in [2.24, 2.45) is 17.0 Å². The lowest BCUT2D eigenvalue weighted by atomic mass is 9.95. The monoisotopic (exact) mass is 193 g/mol. The maximum atomic E-state index is 11.1. The van der Waals surface area contributed by atoms with Crippen LogP contribution in [0.25, 0.3) is 0 Å². The molecular weight excluding hydrogens is 178 g/mol. The molecule has 1 heterocycles. The van der Waals surface area contributed by atoms with Crippen molar-refractivity contribution in [1.29, 1.82) is 0 Å². The summed E-state index contributed by atoms with van der Waals surface area (Å²) < 4.78 is 27.5. The Morgan fingerprint density at radius 1 is 1.25 bits per heavy atom. The summed E-state index contributed by atoms with van der Waals surface area (Å²) in [5.41, 5.74) is 0. The van der Waals surface area contributed by atoms with Gasteiger partial charge in [-0.2, -0.15) is 0 Å². The summed E-state index contributed by atoms with van der Waals surface area (Å²) in [6.07, 6.45) is 0. The van der Waals surface area contributed by atoms with Gasteiger partial charge in [0.25, 0.3) is 0 Å². The van der Waals surface area contributed by atoms with Crippen LogP contribution < -0.4 is 5.14 Å². The summed E-state index contributed by atoms with van der Waals surface area (Å²) >= 11 is 0. The first kappa shape index (κ1) is 9.95. The normalized spacial score (nSPS) is 38.1. The molecule has 0 bridgehead atoms. The third-order valence-corrected chi connectivity index (χ3v) is 3.95. The minimum atomic E-state index is -3.40. The number of hydrogen-bond donors (Lipinski definition) is 1. The molecule has 3 atom stereocenters. The van der Waals surface area contributed by atoms with Crippen LogP contribution in [-0.2, 0) is 14.8 Å². The summed E-state index contributed by atoms with van der Waals surface area (Å²) in [5.74, 6) is 0.00694. The van der Waals surface area contributed by atoms with Crippen LogP contribution in [0.2, 0.25) is 0 Å². The van der Waals surface area contributed by atoms with Crippen molar-refractivity contribution in [2.75, 3.05) is 13.2 Å². The molecule has 0 radical (unpaired) electrons. The molecule has 0 aromatic carbocycles. The summed E-state index contributed by atoms with van der Waals surface area (Å²) in [4.78, 5) is 0. The third-order valence-electron chi connectivity index (χ3n) is 2.26. The van der Waals surface area contributed by atoms with Gasteiger partial charge in [0.1, 0.15) is 0 Å². The van der Waals surface area contributed by atoms with E-state index < -0.39 is 15.3 Å². The van der Waals surface area contributed by atoms with E-state index in [9.17, 15) is 8.42 Å². The first-order chi connectivity index (χ1) is 5.43. The van der Waals surface area contributed by atoms with Gasteiger partial charge in [0.05, 0.1) is 18.5 Å². The molecule has 0 aromatic rings. The van der Waals surface area contributed by atoms with Gasteiger partial charge in [0.2, 0.25) is 10.0 Å². The van der Waals surface area contributed by atoms with Gasteiger partial charge in [-0.3, -0.25) is 0 Å². The quantitative estimate of drug-likeness (QED) is 0.634. The van der Waals surface area contributed by atoms with Crippen molar-refractivity contribution in [3.05, 3.63) is 0 Å². The average Bonchev–Trinajstić information content (AvgIpc) is 1.82. The second-order valence-electron chi connectivity index (χ2n) is 3.55. The molecule has 72 valence electrons. The van der Waals surface area contributed by atoms with Crippen LogP contribution in [0.3, 0.4) is 0 Å². The molecule has 1 fully saturated rings. The first-order valence-electron chi connectivity index (χ1n) is 4.02. The molecule has 1 aliphatic heterocycles. The Hall–Kier alpha value is -0.130. The van der Waals surface area contributed by atoms with Gasteiger partial charge in [-0.15, -0.1) is 0 Å². The van der Waals surface area contributed by atoms with Crippen LogP contribution in [0.15, 0.2) is 0 Å². The molecule has 0 amide bonds. The van der Waals surface area contributed by atoms with Gasteiger partial charge in [-0.25, -0.2) is 13.6 Å². The molecule has 0 aliphatic carbocycles. The van der Waals surface area contributed by atoms with Crippen molar-refractivity contribution >= 4 is 10.0 Å². The van der Waals surface area contributed by atoms with E-state index in [0.717, 1.165) is 0 Å². The van der Waals surface area contributed by atoms with Gasteiger partial charge in [0, 0.05) is 0 Å². The highest BCUT2D eigenvalue weighted by atomic mass is 32.2. The first-order valence-corrected chi connectivity index (χ1v) is 5.63. The Bertz CT molecular complexity index is 239. The lowest BCUT2D eigenvalue weighted by Crippen LogP contribution is -2.45. The largest absolute Gasteiger partial charge is 0.381 e.